The lowest BCUT2D eigenvalue weighted by Gasteiger charge is -2.35. The second kappa shape index (κ2) is 8.64. The number of halogens is 2. The van der Waals surface area contributed by atoms with E-state index in [0.717, 1.165) is 22.4 Å². The fourth-order valence-electron chi connectivity index (χ4n) is 4.31. The minimum Gasteiger partial charge on any atom is -0.381 e. The van der Waals surface area contributed by atoms with Crippen LogP contribution in [0.3, 0.4) is 0 Å². The van der Waals surface area contributed by atoms with E-state index in [2.05, 4.69) is 19.7 Å². The monoisotopic (exact) mass is 454 g/mol. The van der Waals surface area contributed by atoms with Crippen LogP contribution >= 0.6 is 11.6 Å². The SMILES string of the molecule is Cc1cc(-c2nc(C3=CCC(C4(F)CCOCC4)C=C3)no2)cn1Cc1ccc(Cl)nc1. The summed E-state index contributed by atoms with van der Waals surface area (Å²) in [5.41, 5.74) is 2.63. The Morgan fingerprint density at radius 1 is 1.28 bits per heavy atom. The molecule has 1 aliphatic carbocycles. The van der Waals surface area contributed by atoms with Crippen molar-refractivity contribution in [3.63, 3.8) is 0 Å². The van der Waals surface area contributed by atoms with Crippen LogP contribution in [-0.2, 0) is 11.3 Å². The molecule has 1 atom stereocenters. The second-order valence-corrected chi connectivity index (χ2v) is 8.81. The third-order valence-corrected chi connectivity index (χ3v) is 6.50. The van der Waals surface area contributed by atoms with Crippen LogP contribution in [-0.4, -0.2) is 38.6 Å². The lowest BCUT2D eigenvalue weighted by molar-refractivity contribution is -0.0312. The van der Waals surface area contributed by atoms with Gasteiger partial charge in [-0.1, -0.05) is 41.1 Å². The van der Waals surface area contributed by atoms with E-state index in [1.807, 2.05) is 43.5 Å². The van der Waals surface area contributed by atoms with Gasteiger partial charge in [0, 0.05) is 62.2 Å². The molecule has 166 valence electrons. The van der Waals surface area contributed by atoms with E-state index in [1.165, 1.54) is 0 Å². The highest BCUT2D eigenvalue weighted by molar-refractivity contribution is 6.29. The zero-order valence-electron chi connectivity index (χ0n) is 17.8. The molecule has 8 heteroatoms. The minimum absolute atomic E-state index is 0.138. The molecule has 1 unspecified atom stereocenters. The summed E-state index contributed by atoms with van der Waals surface area (Å²) in [6.07, 6.45) is 11.1. The number of aromatic nitrogens is 4. The van der Waals surface area contributed by atoms with Crippen LogP contribution < -0.4 is 0 Å². The van der Waals surface area contributed by atoms with E-state index in [-0.39, 0.29) is 5.92 Å². The van der Waals surface area contributed by atoms with Crippen LogP contribution in [0.15, 0.2) is 53.3 Å². The summed E-state index contributed by atoms with van der Waals surface area (Å²) in [6, 6.07) is 5.75. The smallest absolute Gasteiger partial charge is 0.259 e. The average molecular weight is 455 g/mol. The van der Waals surface area contributed by atoms with Crippen molar-refractivity contribution in [2.24, 2.45) is 5.92 Å². The van der Waals surface area contributed by atoms with Crippen LogP contribution in [0.1, 0.15) is 36.3 Å². The topological polar surface area (TPSA) is 66.0 Å². The van der Waals surface area contributed by atoms with E-state index < -0.39 is 5.67 Å². The molecule has 0 spiro atoms. The molecule has 0 saturated carbocycles. The Labute approximate surface area is 190 Å². The van der Waals surface area contributed by atoms with Gasteiger partial charge in [0.05, 0.1) is 5.56 Å². The quantitative estimate of drug-likeness (QED) is 0.481. The highest BCUT2D eigenvalue weighted by Gasteiger charge is 2.39. The number of aryl methyl sites for hydroxylation is 1. The van der Waals surface area contributed by atoms with Gasteiger partial charge in [-0.15, -0.1) is 0 Å². The molecule has 6 nitrogen and oxygen atoms in total. The molecular weight excluding hydrogens is 431 g/mol. The zero-order chi connectivity index (χ0) is 22.1. The van der Waals surface area contributed by atoms with Crippen LogP contribution in [0.2, 0.25) is 5.15 Å². The van der Waals surface area contributed by atoms with E-state index in [4.69, 9.17) is 20.9 Å². The fourth-order valence-corrected chi connectivity index (χ4v) is 4.42. The maximum absolute atomic E-state index is 15.2. The van der Waals surface area contributed by atoms with Crippen LogP contribution in [0.4, 0.5) is 4.39 Å². The summed E-state index contributed by atoms with van der Waals surface area (Å²) in [5.74, 6) is 0.835. The molecule has 2 aliphatic rings. The molecule has 0 bridgehead atoms. The van der Waals surface area contributed by atoms with Crippen molar-refractivity contribution in [1.82, 2.24) is 19.7 Å². The molecule has 0 amide bonds. The molecule has 4 heterocycles. The number of rotatable bonds is 5. The normalized spacial score (nSPS) is 20.3. The first-order valence-corrected chi connectivity index (χ1v) is 11.1. The van der Waals surface area contributed by atoms with Gasteiger partial charge in [-0.2, -0.15) is 4.98 Å². The predicted octanol–water partition coefficient (Wildman–Crippen LogP) is 5.42. The Hall–Kier alpha value is -2.77. The summed E-state index contributed by atoms with van der Waals surface area (Å²) in [5, 5.41) is 4.63. The maximum atomic E-state index is 15.2. The fraction of sp³-hybridized carbons (Fsp3) is 0.375. The van der Waals surface area contributed by atoms with Crippen molar-refractivity contribution in [3.8, 4) is 11.5 Å². The van der Waals surface area contributed by atoms with Crippen molar-refractivity contribution in [1.29, 1.82) is 0 Å². The molecule has 5 rings (SSSR count). The lowest BCUT2D eigenvalue weighted by atomic mass is 9.78. The number of hydrogen-bond donors (Lipinski definition) is 0. The molecule has 3 aromatic heterocycles. The summed E-state index contributed by atoms with van der Waals surface area (Å²) in [4.78, 5) is 8.71. The number of nitrogens with zero attached hydrogens (tertiary/aromatic N) is 4. The Bertz CT molecular complexity index is 1160. The largest absolute Gasteiger partial charge is 0.381 e. The van der Waals surface area contributed by atoms with Crippen molar-refractivity contribution >= 4 is 17.2 Å². The number of allylic oxidation sites excluding steroid dienone is 4. The summed E-state index contributed by atoms with van der Waals surface area (Å²) in [6.45, 7) is 3.67. The van der Waals surface area contributed by atoms with E-state index in [9.17, 15) is 0 Å². The van der Waals surface area contributed by atoms with Crippen molar-refractivity contribution in [2.45, 2.75) is 38.4 Å². The molecule has 0 N–H and O–H groups in total. The average Bonchev–Trinajstić information content (AvgIpc) is 3.43. The van der Waals surface area contributed by atoms with Crippen LogP contribution in [0.5, 0.6) is 0 Å². The predicted molar refractivity (Wildman–Crippen MR) is 120 cm³/mol. The molecule has 0 aromatic carbocycles. The van der Waals surface area contributed by atoms with Gasteiger partial charge in [-0.25, -0.2) is 9.37 Å². The van der Waals surface area contributed by atoms with E-state index in [1.54, 1.807) is 12.3 Å². The van der Waals surface area contributed by atoms with Gasteiger partial charge in [0.2, 0.25) is 5.82 Å². The Morgan fingerprint density at radius 3 is 2.84 bits per heavy atom. The molecule has 3 aromatic rings. The summed E-state index contributed by atoms with van der Waals surface area (Å²) >= 11 is 5.87. The van der Waals surface area contributed by atoms with Gasteiger partial charge in [-0.3, -0.25) is 0 Å². The van der Waals surface area contributed by atoms with Crippen LogP contribution in [0, 0.1) is 12.8 Å². The molecule has 1 fully saturated rings. The molecule has 1 saturated heterocycles. The summed E-state index contributed by atoms with van der Waals surface area (Å²) in [7, 11) is 0. The minimum atomic E-state index is -1.20. The number of ether oxygens (including phenoxy) is 1. The Balaban J connectivity index is 1.29. The van der Waals surface area contributed by atoms with Gasteiger partial charge in [-0.05, 0) is 31.0 Å². The van der Waals surface area contributed by atoms with E-state index >= 15 is 4.39 Å². The first kappa shape index (κ1) is 21.1. The van der Waals surface area contributed by atoms with Gasteiger partial charge < -0.3 is 13.8 Å². The highest BCUT2D eigenvalue weighted by atomic mass is 35.5. The maximum Gasteiger partial charge on any atom is 0.259 e. The zero-order valence-corrected chi connectivity index (χ0v) is 18.6. The van der Waals surface area contributed by atoms with Crippen molar-refractivity contribution in [3.05, 3.63) is 71.1 Å². The van der Waals surface area contributed by atoms with Gasteiger partial charge in [0.1, 0.15) is 10.8 Å². The first-order valence-electron chi connectivity index (χ1n) is 10.8. The van der Waals surface area contributed by atoms with Gasteiger partial charge in [0.25, 0.3) is 5.89 Å². The highest BCUT2D eigenvalue weighted by Crippen LogP contribution is 2.39. The molecule has 0 radical (unpaired) electrons. The summed E-state index contributed by atoms with van der Waals surface area (Å²) < 4.78 is 28.2. The Morgan fingerprint density at radius 2 is 2.12 bits per heavy atom. The lowest BCUT2D eigenvalue weighted by Crippen LogP contribution is -2.38. The van der Waals surface area contributed by atoms with Crippen LogP contribution in [0.25, 0.3) is 17.0 Å². The molecule has 1 aliphatic heterocycles. The van der Waals surface area contributed by atoms with E-state index in [0.29, 0.717) is 55.9 Å². The second-order valence-electron chi connectivity index (χ2n) is 8.42. The van der Waals surface area contributed by atoms with Crippen molar-refractivity contribution < 1.29 is 13.7 Å². The first-order chi connectivity index (χ1) is 15.5. The third kappa shape index (κ3) is 4.27. The number of hydrogen-bond acceptors (Lipinski definition) is 5. The van der Waals surface area contributed by atoms with Crippen molar-refractivity contribution in [2.75, 3.05) is 13.2 Å². The standard InChI is InChI=1S/C24H24ClFN4O2/c1-16-12-19(15-30(16)14-17-2-7-21(25)27-13-17)23-28-22(29-32-23)18-3-5-20(6-4-18)24(26)8-10-31-11-9-24/h2-5,7,12-13,15,20H,6,8-11,14H2,1H3. The molecular formula is C24H24ClFN4O2. The number of pyridine rings is 1. The molecule has 32 heavy (non-hydrogen) atoms. The van der Waals surface area contributed by atoms with Gasteiger partial charge in [0.15, 0.2) is 0 Å². The Kier molecular flexibility index (Phi) is 5.69. The van der Waals surface area contributed by atoms with Gasteiger partial charge >= 0.3 is 0 Å². The number of alkyl halides is 1. The third-order valence-electron chi connectivity index (χ3n) is 6.27.